The lowest BCUT2D eigenvalue weighted by atomic mass is 10.2. The molecule has 0 aliphatic carbocycles. The fraction of sp³-hybridized carbons (Fsp3) is 0.917. The molecule has 0 radical (unpaired) electrons. The van der Waals surface area contributed by atoms with E-state index in [0.29, 0.717) is 26.1 Å². The van der Waals surface area contributed by atoms with Crippen LogP contribution in [0.2, 0.25) is 0 Å². The fourth-order valence-electron chi connectivity index (χ4n) is 1.71. The molecule has 1 heterocycles. The van der Waals surface area contributed by atoms with Gasteiger partial charge >= 0.3 is 6.09 Å². The average molecular weight is 245 g/mol. The van der Waals surface area contributed by atoms with Gasteiger partial charge in [-0.15, -0.1) is 0 Å². The number of carbonyl (C=O) groups excluding carboxylic acids is 1. The number of nitrogens with zero attached hydrogens (tertiary/aromatic N) is 1. The lowest BCUT2D eigenvalue weighted by Crippen LogP contribution is -2.40. The summed E-state index contributed by atoms with van der Waals surface area (Å²) in [5, 5.41) is 8.91. The number of aliphatic hydroxyl groups is 1. The maximum atomic E-state index is 11.9. The fourth-order valence-corrected chi connectivity index (χ4v) is 1.71. The zero-order valence-electron chi connectivity index (χ0n) is 10.9. The van der Waals surface area contributed by atoms with Crippen LogP contribution < -0.4 is 0 Å². The van der Waals surface area contributed by atoms with Crippen molar-refractivity contribution in [1.82, 2.24) is 4.90 Å². The Hall–Kier alpha value is -0.810. The molecule has 1 unspecified atom stereocenters. The monoisotopic (exact) mass is 245 g/mol. The van der Waals surface area contributed by atoms with Crippen molar-refractivity contribution in [2.75, 3.05) is 26.3 Å². The Kier molecular flexibility index (Phi) is 5.21. The Labute approximate surface area is 103 Å². The van der Waals surface area contributed by atoms with E-state index in [-0.39, 0.29) is 18.8 Å². The molecule has 0 aromatic rings. The third-order valence-corrected chi connectivity index (χ3v) is 2.45. The molecule has 1 N–H and O–H groups in total. The van der Waals surface area contributed by atoms with E-state index < -0.39 is 5.60 Å². The molecule has 1 aliphatic rings. The highest BCUT2D eigenvalue weighted by molar-refractivity contribution is 5.68. The minimum atomic E-state index is -0.475. The number of aliphatic hydroxyl groups excluding tert-OH is 1. The van der Waals surface area contributed by atoms with Crippen molar-refractivity contribution >= 4 is 6.09 Å². The van der Waals surface area contributed by atoms with E-state index in [0.717, 1.165) is 6.42 Å². The molecule has 5 heteroatoms. The smallest absolute Gasteiger partial charge is 0.410 e. The number of rotatable bonds is 2. The van der Waals surface area contributed by atoms with E-state index in [2.05, 4.69) is 0 Å². The predicted octanol–water partition coefficient (Wildman–Crippen LogP) is 1.39. The van der Waals surface area contributed by atoms with Gasteiger partial charge < -0.3 is 19.5 Å². The first-order valence-corrected chi connectivity index (χ1v) is 6.13. The maximum Gasteiger partial charge on any atom is 0.410 e. The van der Waals surface area contributed by atoms with E-state index in [1.165, 1.54) is 0 Å². The van der Waals surface area contributed by atoms with Crippen LogP contribution in [0.1, 0.15) is 33.6 Å². The molecule has 1 amide bonds. The summed E-state index contributed by atoms with van der Waals surface area (Å²) >= 11 is 0. The third-order valence-electron chi connectivity index (χ3n) is 2.45. The molecule has 1 rings (SSSR count). The van der Waals surface area contributed by atoms with Gasteiger partial charge in [-0.3, -0.25) is 0 Å². The molecule has 0 bridgehead atoms. The second-order valence-corrected chi connectivity index (χ2v) is 5.28. The summed E-state index contributed by atoms with van der Waals surface area (Å²) < 4.78 is 10.9. The van der Waals surface area contributed by atoms with Gasteiger partial charge in [0, 0.05) is 19.8 Å². The molecule has 0 spiro atoms. The van der Waals surface area contributed by atoms with E-state index in [1.807, 2.05) is 20.8 Å². The van der Waals surface area contributed by atoms with Crippen molar-refractivity contribution in [1.29, 1.82) is 0 Å². The van der Waals surface area contributed by atoms with Crippen LogP contribution in [0.5, 0.6) is 0 Å². The normalized spacial score (nSPS) is 22.1. The van der Waals surface area contributed by atoms with Crippen molar-refractivity contribution in [3.8, 4) is 0 Å². The number of carbonyl (C=O) groups is 1. The molecule has 1 aliphatic heterocycles. The summed E-state index contributed by atoms with van der Waals surface area (Å²) in [7, 11) is 0. The van der Waals surface area contributed by atoms with Crippen LogP contribution in [-0.2, 0) is 9.47 Å². The summed E-state index contributed by atoms with van der Waals surface area (Å²) in [6.45, 7) is 7.41. The second kappa shape index (κ2) is 6.21. The Morgan fingerprint density at radius 3 is 2.82 bits per heavy atom. The van der Waals surface area contributed by atoms with Crippen molar-refractivity contribution < 1.29 is 19.4 Å². The van der Waals surface area contributed by atoms with Crippen molar-refractivity contribution in [2.24, 2.45) is 0 Å². The molecular weight excluding hydrogens is 222 g/mol. The van der Waals surface area contributed by atoms with Crippen LogP contribution in [-0.4, -0.2) is 54.1 Å². The van der Waals surface area contributed by atoms with Crippen LogP contribution in [0.4, 0.5) is 4.79 Å². The average Bonchev–Trinajstić information content (AvgIpc) is 2.41. The van der Waals surface area contributed by atoms with Gasteiger partial charge in [0.2, 0.25) is 0 Å². The third kappa shape index (κ3) is 5.37. The summed E-state index contributed by atoms with van der Waals surface area (Å²) in [4.78, 5) is 13.6. The van der Waals surface area contributed by atoms with Crippen LogP contribution in [0.15, 0.2) is 0 Å². The van der Waals surface area contributed by atoms with Crippen LogP contribution in [0, 0.1) is 0 Å². The molecule has 1 atom stereocenters. The Morgan fingerprint density at radius 1 is 1.53 bits per heavy atom. The minimum Gasteiger partial charge on any atom is -0.444 e. The molecule has 0 aromatic carbocycles. The molecule has 100 valence electrons. The van der Waals surface area contributed by atoms with E-state index in [9.17, 15) is 4.79 Å². The number of hydrogen-bond donors (Lipinski definition) is 1. The van der Waals surface area contributed by atoms with Crippen LogP contribution in [0.25, 0.3) is 0 Å². The molecule has 17 heavy (non-hydrogen) atoms. The Balaban J connectivity index is 2.53. The number of ether oxygens (including phenoxy) is 2. The zero-order chi connectivity index (χ0) is 12.9. The summed E-state index contributed by atoms with van der Waals surface area (Å²) in [5.41, 5.74) is -0.475. The Morgan fingerprint density at radius 2 is 2.24 bits per heavy atom. The SMILES string of the molecule is CC(C)(C)OC(=O)N1CCCOC(CCO)C1. The number of amides is 1. The van der Waals surface area contributed by atoms with Gasteiger partial charge in [-0.05, 0) is 33.6 Å². The first-order valence-electron chi connectivity index (χ1n) is 6.13. The topological polar surface area (TPSA) is 59.0 Å². The molecule has 1 saturated heterocycles. The van der Waals surface area contributed by atoms with Crippen LogP contribution >= 0.6 is 0 Å². The molecular formula is C12H23NO4. The van der Waals surface area contributed by atoms with Gasteiger partial charge in [-0.1, -0.05) is 0 Å². The van der Waals surface area contributed by atoms with Crippen LogP contribution in [0.3, 0.4) is 0 Å². The first kappa shape index (κ1) is 14.3. The van der Waals surface area contributed by atoms with Gasteiger partial charge in [0.1, 0.15) is 5.60 Å². The highest BCUT2D eigenvalue weighted by atomic mass is 16.6. The highest BCUT2D eigenvalue weighted by Gasteiger charge is 2.26. The van der Waals surface area contributed by atoms with Crippen molar-refractivity contribution in [2.45, 2.75) is 45.3 Å². The largest absolute Gasteiger partial charge is 0.444 e. The molecule has 0 saturated carbocycles. The lowest BCUT2D eigenvalue weighted by molar-refractivity contribution is 0.00930. The van der Waals surface area contributed by atoms with Gasteiger partial charge in [-0.2, -0.15) is 0 Å². The molecule has 5 nitrogen and oxygen atoms in total. The van der Waals surface area contributed by atoms with E-state index in [1.54, 1.807) is 4.90 Å². The van der Waals surface area contributed by atoms with E-state index in [4.69, 9.17) is 14.6 Å². The summed E-state index contributed by atoms with van der Waals surface area (Å²) in [6.07, 6.45) is 0.974. The second-order valence-electron chi connectivity index (χ2n) is 5.28. The standard InChI is InChI=1S/C12H23NO4/c1-12(2,3)17-11(15)13-6-4-8-16-10(9-13)5-7-14/h10,14H,4-9H2,1-3H3. The minimum absolute atomic E-state index is 0.0762. The lowest BCUT2D eigenvalue weighted by Gasteiger charge is -2.27. The number of hydrogen-bond acceptors (Lipinski definition) is 4. The summed E-state index contributed by atoms with van der Waals surface area (Å²) in [5.74, 6) is 0. The molecule has 0 aromatic heterocycles. The van der Waals surface area contributed by atoms with Crippen molar-refractivity contribution in [3.63, 3.8) is 0 Å². The molecule has 1 fully saturated rings. The van der Waals surface area contributed by atoms with Gasteiger partial charge in [0.25, 0.3) is 0 Å². The van der Waals surface area contributed by atoms with E-state index >= 15 is 0 Å². The zero-order valence-corrected chi connectivity index (χ0v) is 10.9. The maximum absolute atomic E-state index is 11.9. The van der Waals surface area contributed by atoms with Gasteiger partial charge in [0.15, 0.2) is 0 Å². The van der Waals surface area contributed by atoms with Gasteiger partial charge in [-0.25, -0.2) is 4.79 Å². The highest BCUT2D eigenvalue weighted by Crippen LogP contribution is 2.14. The Bertz CT molecular complexity index is 249. The first-order chi connectivity index (χ1) is 7.92. The van der Waals surface area contributed by atoms with Gasteiger partial charge in [0.05, 0.1) is 12.6 Å². The summed E-state index contributed by atoms with van der Waals surface area (Å²) in [6, 6.07) is 0. The quantitative estimate of drug-likeness (QED) is 0.798. The van der Waals surface area contributed by atoms with Crippen molar-refractivity contribution in [3.05, 3.63) is 0 Å². The predicted molar refractivity (Wildman–Crippen MR) is 63.9 cm³/mol.